The van der Waals surface area contributed by atoms with Gasteiger partial charge in [0.1, 0.15) is 17.5 Å². The number of carbonyl (C=O) groups excluding carboxylic acids is 1. The van der Waals surface area contributed by atoms with E-state index in [2.05, 4.69) is 10.3 Å². The van der Waals surface area contributed by atoms with Crippen molar-refractivity contribution >= 4 is 11.7 Å². The van der Waals surface area contributed by atoms with Crippen LogP contribution in [0.2, 0.25) is 0 Å². The summed E-state index contributed by atoms with van der Waals surface area (Å²) in [6.07, 6.45) is 1.98. The molecule has 0 aromatic rings. The first-order valence-corrected chi connectivity index (χ1v) is 4.65. The van der Waals surface area contributed by atoms with Crippen molar-refractivity contribution < 1.29 is 9.53 Å². The van der Waals surface area contributed by atoms with Gasteiger partial charge in [0.25, 0.3) is 0 Å². The fourth-order valence-corrected chi connectivity index (χ4v) is 1.74. The number of amidine groups is 1. The summed E-state index contributed by atoms with van der Waals surface area (Å²) in [6, 6.07) is -0.254. The van der Waals surface area contributed by atoms with Crippen LogP contribution in [0.3, 0.4) is 0 Å². The van der Waals surface area contributed by atoms with Gasteiger partial charge in [-0.15, -0.1) is 0 Å². The van der Waals surface area contributed by atoms with Crippen LogP contribution in [0.15, 0.2) is 4.99 Å². The zero-order chi connectivity index (χ0) is 9.47. The predicted octanol–water partition coefficient (Wildman–Crippen LogP) is 0.472. The van der Waals surface area contributed by atoms with Crippen molar-refractivity contribution in [2.75, 3.05) is 6.61 Å². The lowest BCUT2D eigenvalue weighted by Crippen LogP contribution is -2.43. The summed E-state index contributed by atoms with van der Waals surface area (Å²) in [5.74, 6) is 0.689. The number of rotatable bonds is 1. The lowest BCUT2D eigenvalue weighted by Gasteiger charge is -2.22. The van der Waals surface area contributed by atoms with Crippen molar-refractivity contribution in [2.45, 2.75) is 38.3 Å². The van der Waals surface area contributed by atoms with Crippen molar-refractivity contribution in [3.8, 4) is 0 Å². The lowest BCUT2D eigenvalue weighted by molar-refractivity contribution is -0.119. The summed E-state index contributed by atoms with van der Waals surface area (Å²) in [4.78, 5) is 15.5. The highest BCUT2D eigenvalue weighted by Crippen LogP contribution is 2.27. The second kappa shape index (κ2) is 2.80. The van der Waals surface area contributed by atoms with Crippen LogP contribution in [0, 0.1) is 0 Å². The minimum atomic E-state index is -0.347. The van der Waals surface area contributed by atoms with Crippen LogP contribution in [0.1, 0.15) is 26.7 Å². The van der Waals surface area contributed by atoms with Crippen LogP contribution in [0.4, 0.5) is 0 Å². The van der Waals surface area contributed by atoms with E-state index in [0.29, 0.717) is 5.84 Å². The Morgan fingerprint density at radius 3 is 2.92 bits per heavy atom. The van der Waals surface area contributed by atoms with Crippen LogP contribution in [0.5, 0.6) is 0 Å². The van der Waals surface area contributed by atoms with E-state index in [1.807, 2.05) is 6.92 Å². The van der Waals surface area contributed by atoms with Crippen molar-refractivity contribution in [3.63, 3.8) is 0 Å². The fraction of sp³-hybridized carbons (Fsp3) is 0.778. The molecule has 4 heteroatoms. The molecule has 0 aromatic heterocycles. The zero-order valence-corrected chi connectivity index (χ0v) is 7.96. The van der Waals surface area contributed by atoms with Gasteiger partial charge in [0.15, 0.2) is 0 Å². The van der Waals surface area contributed by atoms with Crippen molar-refractivity contribution in [3.05, 3.63) is 0 Å². The topological polar surface area (TPSA) is 50.7 Å². The molecule has 4 nitrogen and oxygen atoms in total. The molecule has 72 valence electrons. The maximum Gasteiger partial charge on any atom is 0.249 e. The van der Waals surface area contributed by atoms with Gasteiger partial charge >= 0.3 is 0 Å². The molecular weight excluding hydrogens is 168 g/mol. The third-order valence-electron chi connectivity index (χ3n) is 2.66. The zero-order valence-electron chi connectivity index (χ0n) is 7.96. The summed E-state index contributed by atoms with van der Waals surface area (Å²) < 4.78 is 5.58. The minimum Gasteiger partial charge on any atom is -0.367 e. The highest BCUT2D eigenvalue weighted by molar-refractivity contribution is 6.09. The quantitative estimate of drug-likeness (QED) is 0.641. The number of carbonyl (C=O) groups is 1. The molecule has 2 aliphatic rings. The van der Waals surface area contributed by atoms with Crippen molar-refractivity contribution in [1.82, 2.24) is 5.32 Å². The Morgan fingerprint density at radius 2 is 2.46 bits per heavy atom. The Morgan fingerprint density at radius 1 is 1.69 bits per heavy atom. The van der Waals surface area contributed by atoms with Gasteiger partial charge in [-0.25, -0.2) is 0 Å². The molecule has 0 radical (unpaired) electrons. The Hall–Kier alpha value is -0.900. The second-order valence-electron chi connectivity index (χ2n) is 3.83. The molecule has 0 spiro atoms. The molecule has 2 heterocycles. The standard InChI is InChI=1S/C9H14N2O2/c1-6-7(12)11-8(10-6)9(2)4-3-5-13-9/h6H,3-5H2,1-2H3,(H,10,11,12). The van der Waals surface area contributed by atoms with Gasteiger partial charge < -0.3 is 10.1 Å². The van der Waals surface area contributed by atoms with E-state index < -0.39 is 0 Å². The molecule has 13 heavy (non-hydrogen) atoms. The third kappa shape index (κ3) is 1.35. The summed E-state index contributed by atoms with van der Waals surface area (Å²) in [7, 11) is 0. The highest BCUT2D eigenvalue weighted by atomic mass is 16.5. The maximum absolute atomic E-state index is 11.2. The molecule has 0 saturated carbocycles. The molecule has 1 fully saturated rings. The lowest BCUT2D eigenvalue weighted by atomic mass is 10.0. The molecule has 2 aliphatic heterocycles. The SMILES string of the molecule is CC1N=C(C2(C)CCCO2)NC1=O. The summed E-state index contributed by atoms with van der Waals surface area (Å²) >= 11 is 0. The average Bonchev–Trinajstić information content (AvgIpc) is 2.62. The normalized spacial score (nSPS) is 39.1. The number of nitrogens with zero attached hydrogens (tertiary/aromatic N) is 1. The van der Waals surface area contributed by atoms with Gasteiger partial charge in [-0.05, 0) is 26.7 Å². The molecule has 2 atom stereocenters. The molecule has 0 bridgehead atoms. The molecule has 1 saturated heterocycles. The smallest absolute Gasteiger partial charge is 0.249 e. The number of ether oxygens (including phenoxy) is 1. The van der Waals surface area contributed by atoms with Crippen LogP contribution < -0.4 is 5.32 Å². The first kappa shape index (κ1) is 8.69. The number of hydrogen-bond acceptors (Lipinski definition) is 3. The Labute approximate surface area is 77.4 Å². The molecule has 2 rings (SSSR count). The third-order valence-corrected chi connectivity index (χ3v) is 2.66. The number of hydrogen-bond donors (Lipinski definition) is 1. The van der Waals surface area contributed by atoms with E-state index >= 15 is 0 Å². The minimum absolute atomic E-state index is 0.0216. The average molecular weight is 182 g/mol. The Kier molecular flexibility index (Phi) is 1.87. The molecule has 2 unspecified atom stereocenters. The van der Waals surface area contributed by atoms with Crippen molar-refractivity contribution in [1.29, 1.82) is 0 Å². The summed E-state index contributed by atoms with van der Waals surface area (Å²) in [5, 5.41) is 2.77. The molecule has 0 aliphatic carbocycles. The monoisotopic (exact) mass is 182 g/mol. The van der Waals surface area contributed by atoms with Crippen LogP contribution in [0.25, 0.3) is 0 Å². The first-order valence-electron chi connectivity index (χ1n) is 4.65. The van der Waals surface area contributed by atoms with Crippen LogP contribution in [-0.2, 0) is 9.53 Å². The number of aliphatic imine (C=N–C) groups is 1. The van der Waals surface area contributed by atoms with Crippen molar-refractivity contribution in [2.24, 2.45) is 4.99 Å². The van der Waals surface area contributed by atoms with E-state index in [9.17, 15) is 4.79 Å². The van der Waals surface area contributed by atoms with E-state index in [1.54, 1.807) is 6.92 Å². The van der Waals surface area contributed by atoms with Gasteiger partial charge in [0.05, 0.1) is 0 Å². The summed E-state index contributed by atoms with van der Waals surface area (Å²) in [6.45, 7) is 4.54. The van der Waals surface area contributed by atoms with Gasteiger partial charge in [-0.2, -0.15) is 0 Å². The van der Waals surface area contributed by atoms with E-state index in [-0.39, 0.29) is 17.6 Å². The van der Waals surface area contributed by atoms with E-state index in [1.165, 1.54) is 0 Å². The number of nitrogens with one attached hydrogen (secondary N) is 1. The van der Waals surface area contributed by atoms with Gasteiger partial charge in [-0.3, -0.25) is 9.79 Å². The summed E-state index contributed by atoms with van der Waals surface area (Å²) in [5.41, 5.74) is -0.347. The van der Waals surface area contributed by atoms with E-state index in [4.69, 9.17) is 4.74 Å². The van der Waals surface area contributed by atoms with Crippen LogP contribution in [-0.4, -0.2) is 30.0 Å². The molecule has 1 N–H and O–H groups in total. The molecule has 1 amide bonds. The molecular formula is C9H14N2O2. The Balaban J connectivity index is 2.18. The van der Waals surface area contributed by atoms with Crippen LogP contribution >= 0.6 is 0 Å². The number of amides is 1. The highest BCUT2D eigenvalue weighted by Gasteiger charge is 2.40. The van der Waals surface area contributed by atoms with Gasteiger partial charge in [-0.1, -0.05) is 0 Å². The van der Waals surface area contributed by atoms with Gasteiger partial charge in [0, 0.05) is 6.61 Å². The largest absolute Gasteiger partial charge is 0.367 e. The maximum atomic E-state index is 11.2. The Bertz CT molecular complexity index is 267. The molecule has 0 aromatic carbocycles. The second-order valence-corrected chi connectivity index (χ2v) is 3.83. The fourth-order valence-electron chi connectivity index (χ4n) is 1.74. The van der Waals surface area contributed by atoms with Gasteiger partial charge in [0.2, 0.25) is 5.91 Å². The first-order chi connectivity index (χ1) is 6.12. The predicted molar refractivity (Wildman–Crippen MR) is 48.6 cm³/mol. The van der Waals surface area contributed by atoms with E-state index in [0.717, 1.165) is 19.4 Å².